The molecule has 1 saturated heterocycles. The first-order chi connectivity index (χ1) is 12.4. The lowest BCUT2D eigenvalue weighted by Gasteiger charge is -2.31. The Bertz CT molecular complexity index is 827. The van der Waals surface area contributed by atoms with Gasteiger partial charge in [0.2, 0.25) is 5.91 Å². The Morgan fingerprint density at radius 3 is 2.46 bits per heavy atom. The van der Waals surface area contributed by atoms with Crippen LogP contribution in [0.25, 0.3) is 0 Å². The second-order valence-electron chi connectivity index (χ2n) is 6.88. The van der Waals surface area contributed by atoms with Crippen LogP contribution < -0.4 is 5.32 Å². The predicted molar refractivity (Wildman–Crippen MR) is 105 cm³/mol. The van der Waals surface area contributed by atoms with Gasteiger partial charge in [0.05, 0.1) is 0 Å². The minimum atomic E-state index is -0.0703. The van der Waals surface area contributed by atoms with Crippen molar-refractivity contribution in [2.24, 2.45) is 5.92 Å². The van der Waals surface area contributed by atoms with Crippen LogP contribution in [0, 0.1) is 19.8 Å². The highest BCUT2D eigenvalue weighted by atomic mass is 35.5. The van der Waals surface area contributed by atoms with E-state index in [2.05, 4.69) is 11.4 Å². The first kappa shape index (κ1) is 18.5. The molecule has 0 atom stereocenters. The molecule has 1 N–H and O–H groups in total. The maximum atomic E-state index is 12.6. The van der Waals surface area contributed by atoms with E-state index in [4.69, 9.17) is 11.6 Å². The molecule has 0 unspecified atom stereocenters. The molecule has 0 spiro atoms. The molecule has 136 valence electrons. The Labute approximate surface area is 159 Å². The Hall–Kier alpha value is -2.33. The minimum absolute atomic E-state index is 0.0271. The minimum Gasteiger partial charge on any atom is -0.339 e. The molecule has 1 aliphatic rings. The number of halogens is 1. The molecule has 5 heteroatoms. The second-order valence-corrected chi connectivity index (χ2v) is 7.32. The quantitative estimate of drug-likeness (QED) is 0.867. The van der Waals surface area contributed by atoms with E-state index in [0.29, 0.717) is 36.5 Å². The summed E-state index contributed by atoms with van der Waals surface area (Å²) in [6.45, 7) is 5.19. The lowest BCUT2D eigenvalue weighted by Crippen LogP contribution is -2.41. The average molecular weight is 371 g/mol. The topological polar surface area (TPSA) is 49.4 Å². The van der Waals surface area contributed by atoms with E-state index in [1.54, 1.807) is 29.2 Å². The normalized spacial score (nSPS) is 15.0. The van der Waals surface area contributed by atoms with Gasteiger partial charge in [-0.05, 0) is 56.5 Å². The van der Waals surface area contributed by atoms with E-state index in [0.717, 1.165) is 11.3 Å². The Kier molecular flexibility index (Phi) is 5.62. The molecule has 0 bridgehead atoms. The second kappa shape index (κ2) is 7.92. The fourth-order valence-electron chi connectivity index (χ4n) is 3.34. The summed E-state index contributed by atoms with van der Waals surface area (Å²) in [5.41, 5.74) is 3.69. The average Bonchev–Trinajstić information content (AvgIpc) is 2.63. The summed E-state index contributed by atoms with van der Waals surface area (Å²) in [4.78, 5) is 26.9. The number of hydrogen-bond acceptors (Lipinski definition) is 2. The number of nitrogens with zero attached hydrogens (tertiary/aromatic N) is 1. The number of carbonyl (C=O) groups is 2. The Morgan fingerprint density at radius 2 is 1.81 bits per heavy atom. The molecule has 2 aromatic rings. The largest absolute Gasteiger partial charge is 0.339 e. The molecule has 0 radical (unpaired) electrons. The Balaban J connectivity index is 1.57. The number of benzene rings is 2. The lowest BCUT2D eigenvalue weighted by atomic mass is 9.95. The van der Waals surface area contributed by atoms with Gasteiger partial charge in [-0.15, -0.1) is 0 Å². The molecule has 4 nitrogen and oxygen atoms in total. The first-order valence-electron chi connectivity index (χ1n) is 8.87. The van der Waals surface area contributed by atoms with Gasteiger partial charge in [-0.1, -0.05) is 35.4 Å². The zero-order valence-corrected chi connectivity index (χ0v) is 15.8. The van der Waals surface area contributed by atoms with Crippen molar-refractivity contribution in [1.29, 1.82) is 0 Å². The molecule has 26 heavy (non-hydrogen) atoms. The van der Waals surface area contributed by atoms with Gasteiger partial charge in [0.15, 0.2) is 0 Å². The SMILES string of the molecule is Cc1ccc(NC(=O)C2CCN(C(=O)c3cccc(Cl)c3)CC2)c(C)c1. The van der Waals surface area contributed by atoms with E-state index in [1.165, 1.54) is 5.56 Å². The highest BCUT2D eigenvalue weighted by Crippen LogP contribution is 2.23. The molecule has 0 saturated carbocycles. The molecule has 3 rings (SSSR count). The van der Waals surface area contributed by atoms with Crippen LogP contribution in [0.1, 0.15) is 34.3 Å². The van der Waals surface area contributed by atoms with Gasteiger partial charge in [0, 0.05) is 35.3 Å². The number of anilines is 1. The van der Waals surface area contributed by atoms with Crippen LogP contribution in [0.3, 0.4) is 0 Å². The third-order valence-electron chi connectivity index (χ3n) is 4.86. The van der Waals surface area contributed by atoms with Crippen LogP contribution >= 0.6 is 11.6 Å². The lowest BCUT2D eigenvalue weighted by molar-refractivity contribution is -0.121. The van der Waals surface area contributed by atoms with E-state index in [1.807, 2.05) is 26.0 Å². The summed E-state index contributed by atoms with van der Waals surface area (Å²) >= 11 is 5.97. The Morgan fingerprint density at radius 1 is 1.08 bits per heavy atom. The molecule has 0 aliphatic carbocycles. The van der Waals surface area contributed by atoms with E-state index in [9.17, 15) is 9.59 Å². The molecule has 2 amide bonds. The molecule has 1 fully saturated rings. The van der Waals surface area contributed by atoms with E-state index < -0.39 is 0 Å². The molecule has 0 aromatic heterocycles. The summed E-state index contributed by atoms with van der Waals surface area (Å²) in [5.74, 6) is -0.0633. The number of rotatable bonds is 3. The highest BCUT2D eigenvalue weighted by Gasteiger charge is 2.28. The third-order valence-corrected chi connectivity index (χ3v) is 5.10. The summed E-state index contributed by atoms with van der Waals surface area (Å²) < 4.78 is 0. The zero-order chi connectivity index (χ0) is 18.7. The van der Waals surface area contributed by atoms with Gasteiger partial charge in [-0.2, -0.15) is 0 Å². The van der Waals surface area contributed by atoms with Gasteiger partial charge in [-0.3, -0.25) is 9.59 Å². The molecule has 2 aromatic carbocycles. The van der Waals surface area contributed by atoms with Crippen LogP contribution in [-0.4, -0.2) is 29.8 Å². The standard InChI is InChI=1S/C21H23ClN2O2/c1-14-6-7-19(15(2)12-14)23-20(25)16-8-10-24(11-9-16)21(26)17-4-3-5-18(22)13-17/h3-7,12-13,16H,8-11H2,1-2H3,(H,23,25). The third kappa shape index (κ3) is 4.25. The van der Waals surface area contributed by atoms with Gasteiger partial charge < -0.3 is 10.2 Å². The number of aryl methyl sites for hydroxylation is 2. The van der Waals surface area contributed by atoms with Gasteiger partial charge in [0.25, 0.3) is 5.91 Å². The number of nitrogens with one attached hydrogen (secondary N) is 1. The molecular weight excluding hydrogens is 348 g/mol. The van der Waals surface area contributed by atoms with Gasteiger partial charge in [-0.25, -0.2) is 0 Å². The number of amides is 2. The smallest absolute Gasteiger partial charge is 0.253 e. The maximum absolute atomic E-state index is 12.6. The van der Waals surface area contributed by atoms with Crippen LogP contribution in [0.5, 0.6) is 0 Å². The number of piperidine rings is 1. The molecule has 1 aliphatic heterocycles. The van der Waals surface area contributed by atoms with Crippen LogP contribution in [-0.2, 0) is 4.79 Å². The molecule has 1 heterocycles. The fraction of sp³-hybridized carbons (Fsp3) is 0.333. The monoisotopic (exact) mass is 370 g/mol. The molecular formula is C21H23ClN2O2. The van der Waals surface area contributed by atoms with Crippen LogP contribution in [0.15, 0.2) is 42.5 Å². The van der Waals surface area contributed by atoms with Crippen molar-refractivity contribution in [1.82, 2.24) is 4.90 Å². The fourth-order valence-corrected chi connectivity index (χ4v) is 3.53. The number of hydrogen-bond donors (Lipinski definition) is 1. The van der Waals surface area contributed by atoms with E-state index >= 15 is 0 Å². The van der Waals surface area contributed by atoms with E-state index in [-0.39, 0.29) is 17.7 Å². The van der Waals surface area contributed by atoms with Crippen molar-refractivity contribution in [2.75, 3.05) is 18.4 Å². The zero-order valence-electron chi connectivity index (χ0n) is 15.1. The maximum Gasteiger partial charge on any atom is 0.253 e. The van der Waals surface area contributed by atoms with Crippen LogP contribution in [0.4, 0.5) is 5.69 Å². The first-order valence-corrected chi connectivity index (χ1v) is 9.25. The summed E-state index contributed by atoms with van der Waals surface area (Å²) in [6.07, 6.45) is 1.34. The van der Waals surface area contributed by atoms with Crippen LogP contribution in [0.2, 0.25) is 5.02 Å². The number of carbonyl (C=O) groups excluding carboxylic acids is 2. The van der Waals surface area contributed by atoms with Crippen molar-refractivity contribution in [2.45, 2.75) is 26.7 Å². The van der Waals surface area contributed by atoms with Gasteiger partial charge in [0.1, 0.15) is 0 Å². The highest BCUT2D eigenvalue weighted by molar-refractivity contribution is 6.30. The van der Waals surface area contributed by atoms with Crippen molar-refractivity contribution < 1.29 is 9.59 Å². The van der Waals surface area contributed by atoms with Crippen molar-refractivity contribution in [3.05, 3.63) is 64.2 Å². The van der Waals surface area contributed by atoms with Gasteiger partial charge >= 0.3 is 0 Å². The van der Waals surface area contributed by atoms with Crippen molar-refractivity contribution in [3.63, 3.8) is 0 Å². The predicted octanol–water partition coefficient (Wildman–Crippen LogP) is 4.45. The number of likely N-dealkylation sites (tertiary alicyclic amines) is 1. The summed E-state index contributed by atoms with van der Waals surface area (Å²) in [6, 6.07) is 13.0. The summed E-state index contributed by atoms with van der Waals surface area (Å²) in [5, 5.41) is 3.58. The summed E-state index contributed by atoms with van der Waals surface area (Å²) in [7, 11) is 0. The van der Waals surface area contributed by atoms with Crippen molar-refractivity contribution in [3.8, 4) is 0 Å². The van der Waals surface area contributed by atoms with Crippen molar-refractivity contribution >= 4 is 29.1 Å².